The second-order valence-corrected chi connectivity index (χ2v) is 4.92. The minimum absolute atomic E-state index is 0.608. The topological polar surface area (TPSA) is 54.2 Å². The molecule has 1 N–H and O–H groups in total. The molecule has 2 rings (SSSR count). The molecule has 1 unspecified atom stereocenters. The summed E-state index contributed by atoms with van der Waals surface area (Å²) in [4.78, 5) is 6.88. The molecule has 0 bridgehead atoms. The van der Waals surface area contributed by atoms with Gasteiger partial charge in [0.15, 0.2) is 5.82 Å². The predicted molar refractivity (Wildman–Crippen MR) is 70.3 cm³/mol. The Labute approximate surface area is 109 Å². The van der Waals surface area contributed by atoms with Crippen molar-refractivity contribution >= 4 is 0 Å². The third-order valence-corrected chi connectivity index (χ3v) is 3.51. The maximum Gasteiger partial charge on any atom is 0.226 e. The lowest BCUT2D eigenvalue weighted by molar-refractivity contribution is 0.160. The summed E-state index contributed by atoms with van der Waals surface area (Å²) >= 11 is 0. The molecule has 1 aromatic rings. The second-order valence-electron chi connectivity index (χ2n) is 4.92. The molecular weight excluding hydrogens is 228 g/mol. The first-order chi connectivity index (χ1) is 8.83. The minimum atomic E-state index is 0.608. The summed E-state index contributed by atoms with van der Waals surface area (Å²) in [6.07, 6.45) is 4.45. The van der Waals surface area contributed by atoms with Crippen LogP contribution in [0.1, 0.15) is 44.8 Å². The Bertz CT molecular complexity index is 347. The summed E-state index contributed by atoms with van der Waals surface area (Å²) in [5.74, 6) is 1.59. The first-order valence-corrected chi connectivity index (χ1v) is 7.09. The van der Waals surface area contributed by atoms with E-state index in [2.05, 4.69) is 34.2 Å². The molecule has 5 nitrogen and oxygen atoms in total. The second kappa shape index (κ2) is 6.85. The van der Waals surface area contributed by atoms with E-state index in [1.807, 2.05) is 0 Å². The maximum absolute atomic E-state index is 5.23. The molecule has 1 fully saturated rings. The van der Waals surface area contributed by atoms with Crippen molar-refractivity contribution in [3.8, 4) is 0 Å². The minimum Gasteiger partial charge on any atom is -0.339 e. The van der Waals surface area contributed by atoms with Crippen molar-refractivity contribution < 1.29 is 4.52 Å². The van der Waals surface area contributed by atoms with Crippen molar-refractivity contribution in [2.75, 3.05) is 19.6 Å². The van der Waals surface area contributed by atoms with Crippen LogP contribution in [0.5, 0.6) is 0 Å². The zero-order valence-corrected chi connectivity index (χ0v) is 11.5. The Hall–Kier alpha value is -0.940. The normalized spacial score (nSPS) is 20.5. The Kier molecular flexibility index (Phi) is 5.13. The zero-order chi connectivity index (χ0) is 12.8. The highest BCUT2D eigenvalue weighted by atomic mass is 16.5. The molecule has 0 radical (unpaired) electrons. The van der Waals surface area contributed by atoms with Crippen LogP contribution in [0.2, 0.25) is 0 Å². The lowest BCUT2D eigenvalue weighted by atomic mass is 10.1. The number of piperidine rings is 1. The zero-order valence-electron chi connectivity index (χ0n) is 11.5. The molecule has 0 spiro atoms. The number of likely N-dealkylation sites (N-methyl/N-ethyl adjacent to an activating group) is 1. The predicted octanol–water partition coefficient (Wildman–Crippen LogP) is 1.60. The standard InChI is InChI=1S/C13H24N4O/c1-3-6-13-15-12(16-18-13)10-17(4-2)11-7-5-8-14-9-11/h11,14H,3-10H2,1-2H3. The highest BCUT2D eigenvalue weighted by Crippen LogP contribution is 2.13. The van der Waals surface area contributed by atoms with Crippen LogP contribution < -0.4 is 5.32 Å². The van der Waals surface area contributed by atoms with Crippen LogP contribution >= 0.6 is 0 Å². The van der Waals surface area contributed by atoms with Crippen molar-refractivity contribution in [2.45, 2.75) is 52.1 Å². The number of aryl methyl sites for hydroxylation is 1. The average molecular weight is 252 g/mol. The summed E-state index contributed by atoms with van der Waals surface area (Å²) in [7, 11) is 0. The van der Waals surface area contributed by atoms with Crippen molar-refractivity contribution in [1.82, 2.24) is 20.4 Å². The number of hydrogen-bond donors (Lipinski definition) is 1. The summed E-state index contributed by atoms with van der Waals surface area (Å²) in [5, 5.41) is 7.52. The summed E-state index contributed by atoms with van der Waals surface area (Å²) in [6, 6.07) is 0.608. The average Bonchev–Trinajstić information content (AvgIpc) is 2.85. The molecule has 2 heterocycles. The lowest BCUT2D eigenvalue weighted by Crippen LogP contribution is -2.45. The van der Waals surface area contributed by atoms with Gasteiger partial charge in [0, 0.05) is 19.0 Å². The van der Waals surface area contributed by atoms with Gasteiger partial charge < -0.3 is 9.84 Å². The van der Waals surface area contributed by atoms with Gasteiger partial charge >= 0.3 is 0 Å². The highest BCUT2D eigenvalue weighted by molar-refractivity contribution is 4.88. The molecule has 1 aliphatic rings. The van der Waals surface area contributed by atoms with Crippen LogP contribution in [0.4, 0.5) is 0 Å². The van der Waals surface area contributed by atoms with Crippen LogP contribution in [0, 0.1) is 0 Å². The molecule has 1 saturated heterocycles. The van der Waals surface area contributed by atoms with Crippen molar-refractivity contribution in [3.63, 3.8) is 0 Å². The van der Waals surface area contributed by atoms with Gasteiger partial charge in [0.2, 0.25) is 5.89 Å². The molecule has 0 saturated carbocycles. The molecule has 0 aromatic carbocycles. The van der Waals surface area contributed by atoms with Crippen LogP contribution in [-0.2, 0) is 13.0 Å². The van der Waals surface area contributed by atoms with Crippen LogP contribution in [-0.4, -0.2) is 40.7 Å². The van der Waals surface area contributed by atoms with Gasteiger partial charge in [-0.3, -0.25) is 4.90 Å². The Morgan fingerprint density at radius 2 is 2.33 bits per heavy atom. The molecule has 1 atom stereocenters. The molecule has 102 valence electrons. The van der Waals surface area contributed by atoms with Crippen molar-refractivity contribution in [3.05, 3.63) is 11.7 Å². The fourth-order valence-electron chi connectivity index (χ4n) is 2.50. The van der Waals surface area contributed by atoms with Gasteiger partial charge in [-0.05, 0) is 32.4 Å². The van der Waals surface area contributed by atoms with E-state index in [-0.39, 0.29) is 0 Å². The van der Waals surface area contributed by atoms with Crippen LogP contribution in [0.3, 0.4) is 0 Å². The fraction of sp³-hybridized carbons (Fsp3) is 0.846. The largest absolute Gasteiger partial charge is 0.339 e. The molecular formula is C13H24N4O. The van der Waals surface area contributed by atoms with E-state index in [1.165, 1.54) is 12.8 Å². The fourth-order valence-corrected chi connectivity index (χ4v) is 2.50. The van der Waals surface area contributed by atoms with Gasteiger partial charge in [-0.1, -0.05) is 19.0 Å². The number of nitrogens with zero attached hydrogens (tertiary/aromatic N) is 3. The van der Waals surface area contributed by atoms with Crippen LogP contribution in [0.25, 0.3) is 0 Å². The van der Waals surface area contributed by atoms with Gasteiger partial charge in [-0.25, -0.2) is 0 Å². The van der Waals surface area contributed by atoms with E-state index < -0.39 is 0 Å². The van der Waals surface area contributed by atoms with Crippen molar-refractivity contribution in [1.29, 1.82) is 0 Å². The smallest absolute Gasteiger partial charge is 0.226 e. The third-order valence-electron chi connectivity index (χ3n) is 3.51. The quantitative estimate of drug-likeness (QED) is 0.833. The lowest BCUT2D eigenvalue weighted by Gasteiger charge is -2.32. The Balaban J connectivity index is 1.91. The summed E-state index contributed by atoms with van der Waals surface area (Å²) < 4.78 is 5.23. The highest BCUT2D eigenvalue weighted by Gasteiger charge is 2.21. The molecule has 0 aliphatic carbocycles. The van der Waals surface area contributed by atoms with E-state index in [1.54, 1.807) is 0 Å². The maximum atomic E-state index is 5.23. The van der Waals surface area contributed by atoms with Gasteiger partial charge in [0.1, 0.15) is 0 Å². The van der Waals surface area contributed by atoms with Gasteiger partial charge in [-0.2, -0.15) is 4.98 Å². The Morgan fingerprint density at radius 1 is 1.44 bits per heavy atom. The van der Waals surface area contributed by atoms with E-state index >= 15 is 0 Å². The van der Waals surface area contributed by atoms with E-state index in [0.717, 1.165) is 50.7 Å². The Morgan fingerprint density at radius 3 is 3.00 bits per heavy atom. The third kappa shape index (κ3) is 3.53. The first kappa shape index (κ1) is 13.5. The first-order valence-electron chi connectivity index (χ1n) is 7.09. The molecule has 0 amide bonds. The summed E-state index contributed by atoms with van der Waals surface area (Å²) in [6.45, 7) is 8.38. The van der Waals surface area contributed by atoms with Crippen molar-refractivity contribution in [2.24, 2.45) is 0 Å². The van der Waals surface area contributed by atoms with Gasteiger partial charge in [0.25, 0.3) is 0 Å². The number of rotatable bonds is 6. The monoisotopic (exact) mass is 252 g/mol. The van der Waals surface area contributed by atoms with E-state index in [4.69, 9.17) is 4.52 Å². The molecule has 18 heavy (non-hydrogen) atoms. The number of hydrogen-bond acceptors (Lipinski definition) is 5. The van der Waals surface area contributed by atoms with E-state index in [0.29, 0.717) is 6.04 Å². The van der Waals surface area contributed by atoms with E-state index in [9.17, 15) is 0 Å². The molecule has 1 aliphatic heterocycles. The van der Waals surface area contributed by atoms with Gasteiger partial charge in [-0.15, -0.1) is 0 Å². The summed E-state index contributed by atoms with van der Waals surface area (Å²) in [5.41, 5.74) is 0. The number of aromatic nitrogens is 2. The SMILES string of the molecule is CCCc1nc(CN(CC)C2CCCNC2)no1. The molecule has 5 heteroatoms. The van der Waals surface area contributed by atoms with Crippen LogP contribution in [0.15, 0.2) is 4.52 Å². The number of nitrogens with one attached hydrogen (secondary N) is 1. The van der Waals surface area contributed by atoms with Gasteiger partial charge in [0.05, 0.1) is 6.54 Å². The molecule has 1 aromatic heterocycles.